The predicted octanol–water partition coefficient (Wildman–Crippen LogP) is 1.96. The van der Waals surface area contributed by atoms with E-state index in [0.717, 1.165) is 25.9 Å². The van der Waals surface area contributed by atoms with Gasteiger partial charge in [-0.1, -0.05) is 5.22 Å². The molecule has 1 heterocycles. The minimum atomic E-state index is -0.429. The van der Waals surface area contributed by atoms with Crippen LogP contribution in [0.1, 0.15) is 33.6 Å². The first-order valence-corrected chi connectivity index (χ1v) is 5.97. The second-order valence-corrected chi connectivity index (χ2v) is 5.35. The van der Waals surface area contributed by atoms with Crippen LogP contribution in [-0.2, 0) is 4.74 Å². The molecule has 1 amide bonds. The van der Waals surface area contributed by atoms with Crippen molar-refractivity contribution in [3.63, 3.8) is 0 Å². The molecule has 0 unspecified atom stereocenters. The molecule has 1 fully saturated rings. The molecule has 1 aliphatic rings. The van der Waals surface area contributed by atoms with Crippen molar-refractivity contribution in [1.29, 1.82) is 0 Å². The Kier molecular flexibility index (Phi) is 4.72. The molecule has 0 spiro atoms. The minimum absolute atomic E-state index is 0.226. The zero-order valence-electron chi connectivity index (χ0n) is 10.8. The summed E-state index contributed by atoms with van der Waals surface area (Å²) in [5.74, 6) is 5.44. The number of ether oxygens (including phenoxy) is 1. The Bertz CT molecular complexity index is 278. The van der Waals surface area contributed by atoms with E-state index in [1.54, 1.807) is 4.90 Å². The number of rotatable bonds is 2. The highest BCUT2D eigenvalue weighted by atomic mass is 16.6. The maximum absolute atomic E-state index is 11.8. The van der Waals surface area contributed by atoms with Crippen LogP contribution in [0, 0.1) is 5.92 Å². The predicted molar refractivity (Wildman–Crippen MR) is 64.4 cm³/mol. The van der Waals surface area contributed by atoms with E-state index in [4.69, 9.17) is 10.6 Å². The van der Waals surface area contributed by atoms with Crippen LogP contribution >= 0.6 is 0 Å². The Labute approximate surface area is 102 Å². The molecule has 2 N–H and O–H groups in total. The van der Waals surface area contributed by atoms with Gasteiger partial charge in [0.15, 0.2) is 0 Å². The zero-order chi connectivity index (χ0) is 12.9. The van der Waals surface area contributed by atoms with Crippen LogP contribution in [0.25, 0.3) is 0 Å². The van der Waals surface area contributed by atoms with E-state index in [9.17, 15) is 4.79 Å². The first kappa shape index (κ1) is 13.7. The number of hydrogen-bond acceptors (Lipinski definition) is 4. The Morgan fingerprint density at radius 3 is 2.47 bits per heavy atom. The summed E-state index contributed by atoms with van der Waals surface area (Å²) in [6, 6.07) is 0. The van der Waals surface area contributed by atoms with E-state index in [-0.39, 0.29) is 6.09 Å². The Morgan fingerprint density at radius 1 is 1.41 bits per heavy atom. The molecule has 17 heavy (non-hydrogen) atoms. The first-order chi connectivity index (χ1) is 7.92. The summed E-state index contributed by atoms with van der Waals surface area (Å²) >= 11 is 0. The number of nitrogens with zero attached hydrogens (tertiary/aromatic N) is 3. The van der Waals surface area contributed by atoms with Crippen LogP contribution in [0.4, 0.5) is 4.79 Å². The van der Waals surface area contributed by atoms with Gasteiger partial charge >= 0.3 is 6.09 Å². The lowest BCUT2D eigenvalue weighted by Crippen LogP contribution is -2.42. The van der Waals surface area contributed by atoms with Gasteiger partial charge in [0.2, 0.25) is 0 Å². The van der Waals surface area contributed by atoms with E-state index in [1.165, 1.54) is 0 Å². The summed E-state index contributed by atoms with van der Waals surface area (Å²) in [6.45, 7) is 7.72. The zero-order valence-corrected chi connectivity index (χ0v) is 10.8. The normalized spacial score (nSPS) is 18.6. The fourth-order valence-corrected chi connectivity index (χ4v) is 1.79. The maximum atomic E-state index is 11.8. The second-order valence-electron chi connectivity index (χ2n) is 5.35. The molecule has 0 bridgehead atoms. The largest absolute Gasteiger partial charge is 0.444 e. The molecule has 1 rings (SSSR count). The van der Waals surface area contributed by atoms with Crippen molar-refractivity contribution < 1.29 is 9.53 Å². The maximum Gasteiger partial charge on any atom is 0.410 e. The number of carbonyl (C=O) groups excluding carboxylic acids is 1. The van der Waals surface area contributed by atoms with Crippen LogP contribution in [0.5, 0.6) is 0 Å². The standard InChI is InChI=1S/C11H22N4O2/c1-11(2,3)17-10(16)15-6-4-9(5-7-15)8-13-14-12/h9H,4-8H2,1-3H3,(H2,12,13). The average molecular weight is 242 g/mol. The van der Waals surface area contributed by atoms with Gasteiger partial charge in [-0.15, -0.1) is 0 Å². The van der Waals surface area contributed by atoms with Gasteiger partial charge in [-0.2, -0.15) is 5.11 Å². The van der Waals surface area contributed by atoms with E-state index >= 15 is 0 Å². The average Bonchev–Trinajstić information content (AvgIpc) is 2.24. The lowest BCUT2D eigenvalue weighted by atomic mass is 9.97. The van der Waals surface area contributed by atoms with E-state index < -0.39 is 5.60 Å². The van der Waals surface area contributed by atoms with Crippen molar-refractivity contribution >= 4 is 6.09 Å². The lowest BCUT2D eigenvalue weighted by molar-refractivity contribution is 0.0186. The highest BCUT2D eigenvalue weighted by Crippen LogP contribution is 2.19. The van der Waals surface area contributed by atoms with Gasteiger partial charge in [0.25, 0.3) is 0 Å². The van der Waals surface area contributed by atoms with Crippen LogP contribution in [0.2, 0.25) is 0 Å². The minimum Gasteiger partial charge on any atom is -0.444 e. The van der Waals surface area contributed by atoms with Crippen LogP contribution in [-0.4, -0.2) is 36.2 Å². The number of piperidine rings is 1. The van der Waals surface area contributed by atoms with Gasteiger partial charge < -0.3 is 15.5 Å². The fourth-order valence-electron chi connectivity index (χ4n) is 1.79. The third-order valence-corrected chi connectivity index (χ3v) is 2.69. The molecular formula is C11H22N4O2. The molecule has 0 aromatic rings. The molecule has 0 aliphatic carbocycles. The fraction of sp³-hybridized carbons (Fsp3) is 0.909. The molecule has 0 saturated carbocycles. The van der Waals surface area contributed by atoms with Crippen molar-refractivity contribution in [2.75, 3.05) is 19.6 Å². The van der Waals surface area contributed by atoms with Gasteiger partial charge in [-0.05, 0) is 39.5 Å². The van der Waals surface area contributed by atoms with E-state index in [1.807, 2.05) is 20.8 Å². The summed E-state index contributed by atoms with van der Waals surface area (Å²) in [6.07, 6.45) is 1.63. The summed E-state index contributed by atoms with van der Waals surface area (Å²) in [5.41, 5.74) is -0.429. The third kappa shape index (κ3) is 5.01. The molecule has 0 radical (unpaired) electrons. The molecule has 6 nitrogen and oxygen atoms in total. The van der Waals surface area contributed by atoms with Crippen molar-refractivity contribution in [2.45, 2.75) is 39.2 Å². The topological polar surface area (TPSA) is 80.3 Å². The van der Waals surface area contributed by atoms with Crippen molar-refractivity contribution in [3.05, 3.63) is 0 Å². The molecule has 6 heteroatoms. The molecule has 1 saturated heterocycles. The highest BCUT2D eigenvalue weighted by Gasteiger charge is 2.26. The molecule has 1 aliphatic heterocycles. The van der Waals surface area contributed by atoms with Gasteiger partial charge in [0.05, 0.1) is 6.54 Å². The summed E-state index contributed by atoms with van der Waals surface area (Å²) in [4.78, 5) is 13.5. The van der Waals surface area contributed by atoms with Crippen LogP contribution in [0.3, 0.4) is 0 Å². The van der Waals surface area contributed by atoms with Gasteiger partial charge in [0.1, 0.15) is 5.60 Å². The molecule has 0 aromatic heterocycles. The number of carbonyl (C=O) groups is 1. The van der Waals surface area contributed by atoms with Gasteiger partial charge in [0, 0.05) is 13.1 Å². The quantitative estimate of drug-likeness (QED) is 0.456. The second kappa shape index (κ2) is 5.84. The van der Waals surface area contributed by atoms with E-state index in [2.05, 4.69) is 10.3 Å². The first-order valence-electron chi connectivity index (χ1n) is 5.97. The smallest absolute Gasteiger partial charge is 0.410 e. The van der Waals surface area contributed by atoms with Crippen LogP contribution < -0.4 is 5.84 Å². The van der Waals surface area contributed by atoms with Crippen molar-refractivity contribution in [3.8, 4) is 0 Å². The number of likely N-dealkylation sites (tertiary alicyclic amines) is 1. The Morgan fingerprint density at radius 2 is 2.00 bits per heavy atom. The Balaban J connectivity index is 2.34. The lowest BCUT2D eigenvalue weighted by Gasteiger charge is -2.32. The summed E-state index contributed by atoms with van der Waals surface area (Å²) in [5, 5.41) is 7.05. The molecule has 0 atom stereocenters. The van der Waals surface area contributed by atoms with Gasteiger partial charge in [-0.25, -0.2) is 4.79 Å². The van der Waals surface area contributed by atoms with Crippen LogP contribution in [0.15, 0.2) is 10.3 Å². The molecule has 98 valence electrons. The van der Waals surface area contributed by atoms with Crippen molar-refractivity contribution in [1.82, 2.24) is 4.90 Å². The summed E-state index contributed by atoms with van der Waals surface area (Å²) < 4.78 is 5.32. The monoisotopic (exact) mass is 242 g/mol. The number of amides is 1. The number of hydrogen-bond donors (Lipinski definition) is 1. The van der Waals surface area contributed by atoms with Crippen molar-refractivity contribution in [2.24, 2.45) is 22.1 Å². The SMILES string of the molecule is CC(C)(C)OC(=O)N1CCC(CN=NN)CC1. The third-order valence-electron chi connectivity index (χ3n) is 2.69. The Hall–Kier alpha value is -1.33. The molecule has 0 aromatic carbocycles. The summed E-state index contributed by atoms with van der Waals surface area (Å²) in [7, 11) is 0. The highest BCUT2D eigenvalue weighted by molar-refractivity contribution is 5.68. The number of nitrogens with two attached hydrogens (primary N) is 1. The van der Waals surface area contributed by atoms with E-state index in [0.29, 0.717) is 12.5 Å². The molecular weight excluding hydrogens is 220 g/mol. The van der Waals surface area contributed by atoms with Gasteiger partial charge in [-0.3, -0.25) is 0 Å².